The predicted octanol–water partition coefficient (Wildman–Crippen LogP) is 0.437. The van der Waals surface area contributed by atoms with Crippen molar-refractivity contribution in [3.05, 3.63) is 30.1 Å². The highest BCUT2D eigenvalue weighted by molar-refractivity contribution is 5.91. The van der Waals surface area contributed by atoms with Crippen molar-refractivity contribution in [1.82, 2.24) is 15.1 Å². The molecule has 1 aromatic rings. The highest BCUT2D eigenvalue weighted by Gasteiger charge is 2.40. The van der Waals surface area contributed by atoms with Gasteiger partial charge in [-0.1, -0.05) is 0 Å². The molecule has 3 saturated heterocycles. The molecule has 0 aliphatic carbocycles. The van der Waals surface area contributed by atoms with E-state index in [4.69, 9.17) is 0 Å². The van der Waals surface area contributed by atoms with Crippen LogP contribution >= 0.6 is 0 Å². The molecule has 3 aliphatic heterocycles. The molecular weight excluding hydrogens is 323 g/mol. The standard InChI is InChI=1S/C18H23FN4O2/c19-13-1-3-14(4-2-13)21-7-9-22(10-8-21)15-11-23(12-15)18(25)16-5-6-17(24)20-16/h1-4,15-16H,5-12H2,(H,20,24). The molecule has 3 fully saturated rings. The molecule has 4 rings (SSSR count). The predicted molar refractivity (Wildman–Crippen MR) is 91.7 cm³/mol. The Balaban J connectivity index is 1.24. The molecule has 1 aromatic carbocycles. The lowest BCUT2D eigenvalue weighted by molar-refractivity contribution is -0.141. The number of anilines is 1. The third kappa shape index (κ3) is 3.33. The quantitative estimate of drug-likeness (QED) is 0.863. The molecular formula is C18H23FN4O2. The van der Waals surface area contributed by atoms with Gasteiger partial charge in [-0.25, -0.2) is 4.39 Å². The van der Waals surface area contributed by atoms with E-state index in [-0.39, 0.29) is 23.7 Å². The molecule has 1 N–H and O–H groups in total. The molecule has 0 spiro atoms. The summed E-state index contributed by atoms with van der Waals surface area (Å²) in [5.41, 5.74) is 1.06. The summed E-state index contributed by atoms with van der Waals surface area (Å²) in [7, 11) is 0. The zero-order valence-corrected chi connectivity index (χ0v) is 14.2. The van der Waals surface area contributed by atoms with Gasteiger partial charge in [0.2, 0.25) is 11.8 Å². The van der Waals surface area contributed by atoms with E-state index in [0.717, 1.165) is 45.0 Å². The molecule has 0 bridgehead atoms. The summed E-state index contributed by atoms with van der Waals surface area (Å²) in [5, 5.41) is 2.75. The molecule has 1 unspecified atom stereocenters. The Morgan fingerprint density at radius 1 is 1.08 bits per heavy atom. The van der Waals surface area contributed by atoms with E-state index in [1.54, 1.807) is 0 Å². The van der Waals surface area contributed by atoms with Crippen molar-refractivity contribution in [2.75, 3.05) is 44.2 Å². The first kappa shape index (κ1) is 16.3. The number of likely N-dealkylation sites (tertiary alicyclic amines) is 1. The first-order valence-corrected chi connectivity index (χ1v) is 8.93. The number of rotatable bonds is 3. The monoisotopic (exact) mass is 346 g/mol. The van der Waals surface area contributed by atoms with Crippen LogP contribution in [-0.2, 0) is 9.59 Å². The summed E-state index contributed by atoms with van der Waals surface area (Å²) in [5.74, 6) is -0.167. The van der Waals surface area contributed by atoms with Crippen LogP contribution in [-0.4, -0.2) is 73.0 Å². The molecule has 3 heterocycles. The Kier molecular flexibility index (Phi) is 4.33. The van der Waals surface area contributed by atoms with Gasteiger partial charge in [-0.15, -0.1) is 0 Å². The van der Waals surface area contributed by atoms with Crippen molar-refractivity contribution in [3.63, 3.8) is 0 Å². The van der Waals surface area contributed by atoms with Gasteiger partial charge in [-0.05, 0) is 30.7 Å². The highest BCUT2D eigenvalue weighted by atomic mass is 19.1. The van der Waals surface area contributed by atoms with Crippen LogP contribution in [0.4, 0.5) is 10.1 Å². The number of carbonyl (C=O) groups is 2. The van der Waals surface area contributed by atoms with Crippen LogP contribution in [0.1, 0.15) is 12.8 Å². The maximum Gasteiger partial charge on any atom is 0.245 e. The maximum absolute atomic E-state index is 13.0. The number of amides is 2. The number of benzene rings is 1. The molecule has 0 radical (unpaired) electrons. The van der Waals surface area contributed by atoms with Gasteiger partial charge >= 0.3 is 0 Å². The Bertz CT molecular complexity index is 652. The zero-order valence-electron chi connectivity index (χ0n) is 14.2. The Morgan fingerprint density at radius 2 is 1.76 bits per heavy atom. The van der Waals surface area contributed by atoms with E-state index in [2.05, 4.69) is 15.1 Å². The number of piperazine rings is 1. The van der Waals surface area contributed by atoms with E-state index >= 15 is 0 Å². The Hall–Kier alpha value is -2.15. The number of halogens is 1. The van der Waals surface area contributed by atoms with Crippen LogP contribution in [0.25, 0.3) is 0 Å². The molecule has 3 aliphatic rings. The Morgan fingerprint density at radius 3 is 2.36 bits per heavy atom. The summed E-state index contributed by atoms with van der Waals surface area (Å²) in [6, 6.07) is 6.74. The number of hydrogen-bond acceptors (Lipinski definition) is 4. The first-order valence-electron chi connectivity index (χ1n) is 8.93. The second-order valence-electron chi connectivity index (χ2n) is 7.06. The van der Waals surface area contributed by atoms with Crippen molar-refractivity contribution in [2.24, 2.45) is 0 Å². The summed E-state index contributed by atoms with van der Waals surface area (Å²) in [6.45, 7) is 5.22. The van der Waals surface area contributed by atoms with Crippen LogP contribution in [0.5, 0.6) is 0 Å². The lowest BCUT2D eigenvalue weighted by atomic mass is 10.0. The largest absolute Gasteiger partial charge is 0.369 e. The lowest BCUT2D eigenvalue weighted by Crippen LogP contribution is -2.66. The summed E-state index contributed by atoms with van der Waals surface area (Å²) >= 11 is 0. The van der Waals surface area contributed by atoms with Gasteiger partial charge in [0, 0.05) is 57.4 Å². The minimum absolute atomic E-state index is 0.0210. The summed E-state index contributed by atoms with van der Waals surface area (Å²) < 4.78 is 13.0. The van der Waals surface area contributed by atoms with Crippen molar-refractivity contribution in [1.29, 1.82) is 0 Å². The SMILES string of the molecule is O=C1CCC(C(=O)N2CC(N3CCN(c4ccc(F)cc4)CC3)C2)N1. The third-order valence-corrected chi connectivity index (χ3v) is 5.49. The van der Waals surface area contributed by atoms with Gasteiger partial charge in [0.15, 0.2) is 0 Å². The number of hydrogen-bond donors (Lipinski definition) is 1. The van der Waals surface area contributed by atoms with Gasteiger partial charge in [-0.3, -0.25) is 14.5 Å². The molecule has 6 nitrogen and oxygen atoms in total. The van der Waals surface area contributed by atoms with Crippen LogP contribution in [0.3, 0.4) is 0 Å². The van der Waals surface area contributed by atoms with E-state index in [9.17, 15) is 14.0 Å². The van der Waals surface area contributed by atoms with E-state index in [1.165, 1.54) is 12.1 Å². The Labute approximate surface area is 146 Å². The van der Waals surface area contributed by atoms with Crippen molar-refractivity contribution in [3.8, 4) is 0 Å². The minimum atomic E-state index is -0.316. The van der Waals surface area contributed by atoms with Gasteiger partial charge in [-0.2, -0.15) is 0 Å². The second-order valence-corrected chi connectivity index (χ2v) is 7.06. The molecule has 1 atom stereocenters. The maximum atomic E-state index is 13.0. The van der Waals surface area contributed by atoms with Crippen molar-refractivity contribution in [2.45, 2.75) is 24.9 Å². The highest BCUT2D eigenvalue weighted by Crippen LogP contribution is 2.22. The minimum Gasteiger partial charge on any atom is -0.369 e. The topological polar surface area (TPSA) is 55.9 Å². The van der Waals surface area contributed by atoms with Crippen LogP contribution in [0.15, 0.2) is 24.3 Å². The van der Waals surface area contributed by atoms with Gasteiger partial charge in [0.1, 0.15) is 11.9 Å². The van der Waals surface area contributed by atoms with E-state index in [0.29, 0.717) is 18.9 Å². The van der Waals surface area contributed by atoms with Gasteiger partial charge < -0.3 is 15.1 Å². The lowest BCUT2D eigenvalue weighted by Gasteiger charge is -2.49. The number of nitrogens with one attached hydrogen (secondary N) is 1. The van der Waals surface area contributed by atoms with E-state index in [1.807, 2.05) is 17.0 Å². The first-order chi connectivity index (χ1) is 12.1. The normalized spacial score (nSPS) is 25.0. The second kappa shape index (κ2) is 6.63. The fraction of sp³-hybridized carbons (Fsp3) is 0.556. The summed E-state index contributed by atoms with van der Waals surface area (Å²) in [6.07, 6.45) is 1.08. The van der Waals surface area contributed by atoms with Gasteiger partial charge in [0.05, 0.1) is 0 Å². The number of nitrogens with zero attached hydrogens (tertiary/aromatic N) is 3. The molecule has 0 aromatic heterocycles. The van der Waals surface area contributed by atoms with Crippen LogP contribution in [0, 0.1) is 5.82 Å². The molecule has 0 saturated carbocycles. The average molecular weight is 346 g/mol. The third-order valence-electron chi connectivity index (χ3n) is 5.49. The molecule has 25 heavy (non-hydrogen) atoms. The number of carbonyl (C=O) groups excluding carboxylic acids is 2. The van der Waals surface area contributed by atoms with Gasteiger partial charge in [0.25, 0.3) is 0 Å². The van der Waals surface area contributed by atoms with Crippen molar-refractivity contribution < 1.29 is 14.0 Å². The van der Waals surface area contributed by atoms with Crippen molar-refractivity contribution >= 4 is 17.5 Å². The fourth-order valence-electron chi connectivity index (χ4n) is 3.88. The van der Waals surface area contributed by atoms with Crippen LogP contribution < -0.4 is 10.2 Å². The summed E-state index contributed by atoms with van der Waals surface area (Å²) in [4.78, 5) is 30.1. The smallest absolute Gasteiger partial charge is 0.245 e. The fourth-order valence-corrected chi connectivity index (χ4v) is 3.88. The zero-order chi connectivity index (χ0) is 17.4. The molecule has 134 valence electrons. The molecule has 7 heteroatoms. The molecule has 2 amide bonds. The van der Waals surface area contributed by atoms with Crippen LogP contribution in [0.2, 0.25) is 0 Å². The average Bonchev–Trinajstić information content (AvgIpc) is 3.01. The van der Waals surface area contributed by atoms with E-state index < -0.39 is 0 Å².